The monoisotopic (exact) mass is 363 g/mol. The lowest BCUT2D eigenvalue weighted by Gasteiger charge is -2.30. The van der Waals surface area contributed by atoms with Gasteiger partial charge in [0.2, 0.25) is 0 Å². The van der Waals surface area contributed by atoms with E-state index in [1.165, 1.54) is 5.56 Å². The molecule has 0 fully saturated rings. The van der Waals surface area contributed by atoms with Crippen LogP contribution in [0.4, 0.5) is 0 Å². The molecule has 0 heterocycles. The standard InChI is InChI=1S/C21H37N3O2/c1-7-21(8-2,12-13-25)15-23-20(22-9-3)24-17(5)18-14-16(4)10-11-19(18)26-6/h10-11,14,17,25H,7-9,12-13,15H2,1-6H3,(H2,22,23,24). The van der Waals surface area contributed by atoms with Crippen molar-refractivity contribution in [2.24, 2.45) is 10.4 Å². The minimum atomic E-state index is 0.0569. The van der Waals surface area contributed by atoms with Crippen LogP contribution < -0.4 is 15.4 Å². The third kappa shape index (κ3) is 6.20. The third-order valence-electron chi connectivity index (χ3n) is 5.26. The minimum absolute atomic E-state index is 0.0569. The van der Waals surface area contributed by atoms with Crippen molar-refractivity contribution in [1.82, 2.24) is 10.6 Å². The average Bonchev–Trinajstić information content (AvgIpc) is 2.65. The summed E-state index contributed by atoms with van der Waals surface area (Å²) < 4.78 is 5.52. The van der Waals surface area contributed by atoms with Crippen LogP contribution in [0.25, 0.3) is 0 Å². The van der Waals surface area contributed by atoms with Crippen LogP contribution in [-0.4, -0.2) is 37.9 Å². The molecule has 0 amide bonds. The zero-order valence-corrected chi connectivity index (χ0v) is 17.4. The number of hydrogen-bond acceptors (Lipinski definition) is 3. The van der Waals surface area contributed by atoms with E-state index in [2.05, 4.69) is 57.4 Å². The number of guanidine groups is 1. The van der Waals surface area contributed by atoms with E-state index in [0.29, 0.717) is 6.54 Å². The van der Waals surface area contributed by atoms with Crippen LogP contribution in [0.2, 0.25) is 0 Å². The molecule has 0 aliphatic heterocycles. The number of aliphatic imine (C=N–C) groups is 1. The zero-order chi connectivity index (χ0) is 19.6. The summed E-state index contributed by atoms with van der Waals surface area (Å²) in [6.07, 6.45) is 2.80. The molecular weight excluding hydrogens is 326 g/mol. The molecule has 0 bridgehead atoms. The second kappa shape index (κ2) is 11.1. The summed E-state index contributed by atoms with van der Waals surface area (Å²) in [4.78, 5) is 4.83. The highest BCUT2D eigenvalue weighted by Gasteiger charge is 2.25. The Balaban J connectivity index is 2.98. The minimum Gasteiger partial charge on any atom is -0.496 e. The first-order valence-electron chi connectivity index (χ1n) is 9.75. The Labute approximate surface area is 159 Å². The van der Waals surface area contributed by atoms with Crippen LogP contribution in [0, 0.1) is 12.3 Å². The number of methoxy groups -OCH3 is 1. The van der Waals surface area contributed by atoms with Crippen molar-refractivity contribution in [2.45, 2.75) is 59.9 Å². The maximum absolute atomic E-state index is 9.42. The number of nitrogens with one attached hydrogen (secondary N) is 2. The van der Waals surface area contributed by atoms with Crippen molar-refractivity contribution in [3.63, 3.8) is 0 Å². The summed E-state index contributed by atoms with van der Waals surface area (Å²) in [5.41, 5.74) is 2.38. The van der Waals surface area contributed by atoms with Crippen LogP contribution in [0.5, 0.6) is 5.75 Å². The van der Waals surface area contributed by atoms with Gasteiger partial charge in [0.15, 0.2) is 5.96 Å². The summed E-state index contributed by atoms with van der Waals surface area (Å²) in [7, 11) is 1.70. The number of nitrogens with zero attached hydrogens (tertiary/aromatic N) is 1. The van der Waals surface area contributed by atoms with E-state index in [9.17, 15) is 5.11 Å². The van der Waals surface area contributed by atoms with Gasteiger partial charge >= 0.3 is 0 Å². The summed E-state index contributed by atoms with van der Waals surface area (Å²) in [6, 6.07) is 6.28. The summed E-state index contributed by atoms with van der Waals surface area (Å²) in [5, 5.41) is 16.2. The number of ether oxygens (including phenoxy) is 1. The molecule has 1 atom stereocenters. The Hall–Kier alpha value is -1.75. The number of aryl methyl sites for hydroxylation is 1. The third-order valence-corrected chi connectivity index (χ3v) is 5.26. The molecular formula is C21H37N3O2. The largest absolute Gasteiger partial charge is 0.496 e. The molecule has 0 aliphatic carbocycles. The Morgan fingerprint density at radius 1 is 1.27 bits per heavy atom. The van der Waals surface area contributed by atoms with Crippen LogP contribution in [0.1, 0.15) is 64.1 Å². The fraction of sp³-hybridized carbons (Fsp3) is 0.667. The topological polar surface area (TPSA) is 65.9 Å². The van der Waals surface area contributed by atoms with E-state index in [1.54, 1.807) is 7.11 Å². The first-order chi connectivity index (χ1) is 12.4. The number of benzene rings is 1. The summed E-state index contributed by atoms with van der Waals surface area (Å²) >= 11 is 0. The lowest BCUT2D eigenvalue weighted by atomic mass is 9.79. The van der Waals surface area contributed by atoms with Crippen LogP contribution in [-0.2, 0) is 0 Å². The molecule has 26 heavy (non-hydrogen) atoms. The van der Waals surface area contributed by atoms with Gasteiger partial charge in [-0.1, -0.05) is 31.5 Å². The molecule has 1 aromatic rings. The Bertz CT molecular complexity index is 568. The van der Waals surface area contributed by atoms with Gasteiger partial charge in [-0.25, -0.2) is 0 Å². The maximum atomic E-state index is 9.42. The van der Waals surface area contributed by atoms with E-state index in [4.69, 9.17) is 9.73 Å². The van der Waals surface area contributed by atoms with Crippen molar-refractivity contribution in [3.05, 3.63) is 29.3 Å². The van der Waals surface area contributed by atoms with Gasteiger partial charge in [-0.2, -0.15) is 0 Å². The molecule has 0 aromatic heterocycles. The van der Waals surface area contributed by atoms with Crippen molar-refractivity contribution in [3.8, 4) is 5.75 Å². The molecule has 0 spiro atoms. The van der Waals surface area contributed by atoms with E-state index in [0.717, 1.165) is 43.1 Å². The fourth-order valence-electron chi connectivity index (χ4n) is 3.19. The summed E-state index contributed by atoms with van der Waals surface area (Å²) in [6.45, 7) is 12.3. The Morgan fingerprint density at radius 2 is 1.96 bits per heavy atom. The van der Waals surface area contributed by atoms with Gasteiger partial charge < -0.3 is 20.5 Å². The van der Waals surface area contributed by atoms with E-state index in [1.807, 2.05) is 6.07 Å². The molecule has 0 aliphatic rings. The van der Waals surface area contributed by atoms with Crippen molar-refractivity contribution in [1.29, 1.82) is 0 Å². The van der Waals surface area contributed by atoms with Crippen molar-refractivity contribution in [2.75, 3.05) is 26.8 Å². The average molecular weight is 364 g/mol. The fourth-order valence-corrected chi connectivity index (χ4v) is 3.19. The molecule has 0 radical (unpaired) electrons. The Morgan fingerprint density at radius 3 is 2.50 bits per heavy atom. The highest BCUT2D eigenvalue weighted by Crippen LogP contribution is 2.31. The molecule has 148 valence electrons. The molecule has 0 saturated heterocycles. The summed E-state index contributed by atoms with van der Waals surface area (Å²) in [5.74, 6) is 1.68. The smallest absolute Gasteiger partial charge is 0.191 e. The number of aliphatic hydroxyl groups excluding tert-OH is 1. The molecule has 5 heteroatoms. The lowest BCUT2D eigenvalue weighted by Crippen LogP contribution is -2.40. The number of aliphatic hydroxyl groups is 1. The van der Waals surface area contributed by atoms with E-state index >= 15 is 0 Å². The number of rotatable bonds is 10. The molecule has 1 rings (SSSR count). The van der Waals surface area contributed by atoms with Gasteiger partial charge in [-0.3, -0.25) is 4.99 Å². The number of hydrogen-bond donors (Lipinski definition) is 3. The maximum Gasteiger partial charge on any atom is 0.191 e. The highest BCUT2D eigenvalue weighted by atomic mass is 16.5. The lowest BCUT2D eigenvalue weighted by molar-refractivity contribution is 0.175. The normalized spacial score (nSPS) is 13.4. The van der Waals surface area contributed by atoms with Crippen LogP contribution in [0.15, 0.2) is 23.2 Å². The van der Waals surface area contributed by atoms with Gasteiger partial charge in [0, 0.05) is 25.3 Å². The molecule has 5 nitrogen and oxygen atoms in total. The predicted molar refractivity (Wildman–Crippen MR) is 110 cm³/mol. The highest BCUT2D eigenvalue weighted by molar-refractivity contribution is 5.80. The van der Waals surface area contributed by atoms with Gasteiger partial charge in [-0.15, -0.1) is 0 Å². The first-order valence-corrected chi connectivity index (χ1v) is 9.75. The molecule has 0 saturated carbocycles. The second-order valence-electron chi connectivity index (χ2n) is 6.99. The molecule has 1 unspecified atom stereocenters. The SMILES string of the molecule is CCNC(=NCC(CC)(CC)CCO)NC(C)c1cc(C)ccc1OC. The van der Waals surface area contributed by atoms with Gasteiger partial charge in [0.05, 0.1) is 13.2 Å². The van der Waals surface area contributed by atoms with Gasteiger partial charge in [-0.05, 0) is 51.5 Å². The van der Waals surface area contributed by atoms with E-state index in [-0.39, 0.29) is 18.1 Å². The van der Waals surface area contributed by atoms with Crippen LogP contribution >= 0.6 is 0 Å². The predicted octanol–water partition coefficient (Wildman–Crippen LogP) is 3.81. The molecule has 3 N–H and O–H groups in total. The van der Waals surface area contributed by atoms with Gasteiger partial charge in [0.25, 0.3) is 0 Å². The van der Waals surface area contributed by atoms with Gasteiger partial charge in [0.1, 0.15) is 5.75 Å². The molecule has 1 aromatic carbocycles. The Kier molecular flexibility index (Phi) is 9.49. The zero-order valence-electron chi connectivity index (χ0n) is 17.4. The van der Waals surface area contributed by atoms with Crippen molar-refractivity contribution < 1.29 is 9.84 Å². The first kappa shape index (κ1) is 22.3. The van der Waals surface area contributed by atoms with E-state index < -0.39 is 0 Å². The van der Waals surface area contributed by atoms with Crippen LogP contribution in [0.3, 0.4) is 0 Å². The van der Waals surface area contributed by atoms with Crippen molar-refractivity contribution >= 4 is 5.96 Å². The second-order valence-corrected chi connectivity index (χ2v) is 6.99. The quantitative estimate of drug-likeness (QED) is 0.437.